The van der Waals surface area contributed by atoms with E-state index in [2.05, 4.69) is 10.4 Å². The Morgan fingerprint density at radius 3 is 2.48 bits per heavy atom. The van der Waals surface area contributed by atoms with E-state index >= 15 is 0 Å². The third-order valence-corrected chi connectivity index (χ3v) is 3.75. The molecular weight excluding hydrogens is 350 g/mol. The summed E-state index contributed by atoms with van der Waals surface area (Å²) < 4.78 is 17.2. The Morgan fingerprint density at radius 1 is 1.19 bits per heavy atom. The summed E-state index contributed by atoms with van der Waals surface area (Å²) in [5.74, 6) is 1.28. The molecule has 2 aromatic rings. The van der Waals surface area contributed by atoms with Crippen molar-refractivity contribution >= 4 is 12.0 Å². The Morgan fingerprint density at radius 2 is 1.89 bits per heavy atom. The van der Waals surface area contributed by atoms with Gasteiger partial charge in [-0.15, -0.1) is 0 Å². The van der Waals surface area contributed by atoms with Crippen LogP contribution in [0.4, 0.5) is 0 Å². The van der Waals surface area contributed by atoms with Crippen LogP contribution in [0.3, 0.4) is 0 Å². The number of benzene rings is 1. The lowest BCUT2D eigenvalue weighted by Gasteiger charge is -2.12. The Hall–Kier alpha value is -3.29. The van der Waals surface area contributed by atoms with Gasteiger partial charge < -0.3 is 19.5 Å². The van der Waals surface area contributed by atoms with Crippen molar-refractivity contribution in [2.75, 3.05) is 27.9 Å². The van der Waals surface area contributed by atoms with Gasteiger partial charge in [-0.1, -0.05) is 0 Å². The van der Waals surface area contributed by atoms with Gasteiger partial charge >= 0.3 is 0 Å². The summed E-state index contributed by atoms with van der Waals surface area (Å²) >= 11 is 0. The molecular formula is C19H23N3O5. The van der Waals surface area contributed by atoms with Crippen molar-refractivity contribution in [2.45, 2.75) is 13.0 Å². The predicted molar refractivity (Wildman–Crippen MR) is 101 cm³/mol. The fourth-order valence-corrected chi connectivity index (χ4v) is 2.42. The molecule has 1 N–H and O–H groups in total. The summed E-state index contributed by atoms with van der Waals surface area (Å²) in [7, 11) is 4.59. The number of aryl methyl sites for hydroxylation is 1. The van der Waals surface area contributed by atoms with E-state index in [1.807, 2.05) is 0 Å². The van der Waals surface area contributed by atoms with Crippen molar-refractivity contribution in [3.8, 4) is 17.2 Å². The fraction of sp³-hybridized carbons (Fsp3) is 0.316. The SMILES string of the molecule is COc1cc(/C=C/C(=O)NCCCn2ncccc2=O)cc(OC)c1OC. The van der Waals surface area contributed by atoms with Crippen LogP contribution in [0.2, 0.25) is 0 Å². The van der Waals surface area contributed by atoms with Crippen molar-refractivity contribution in [3.05, 3.63) is 52.5 Å². The van der Waals surface area contributed by atoms with E-state index in [-0.39, 0.29) is 11.5 Å². The molecule has 1 heterocycles. The highest BCUT2D eigenvalue weighted by Crippen LogP contribution is 2.38. The van der Waals surface area contributed by atoms with Gasteiger partial charge in [0.05, 0.1) is 21.3 Å². The molecule has 1 aromatic carbocycles. The third-order valence-electron chi connectivity index (χ3n) is 3.75. The van der Waals surface area contributed by atoms with Crippen LogP contribution in [0.25, 0.3) is 6.08 Å². The minimum Gasteiger partial charge on any atom is -0.493 e. The number of ether oxygens (including phenoxy) is 3. The lowest BCUT2D eigenvalue weighted by molar-refractivity contribution is -0.116. The van der Waals surface area contributed by atoms with Crippen LogP contribution in [-0.4, -0.2) is 43.6 Å². The van der Waals surface area contributed by atoms with Gasteiger partial charge in [0, 0.05) is 31.4 Å². The molecule has 0 fully saturated rings. The number of aromatic nitrogens is 2. The lowest BCUT2D eigenvalue weighted by Crippen LogP contribution is -2.26. The van der Waals surface area contributed by atoms with Crippen LogP contribution >= 0.6 is 0 Å². The second-order valence-corrected chi connectivity index (χ2v) is 5.52. The van der Waals surface area contributed by atoms with Gasteiger partial charge in [0.1, 0.15) is 0 Å². The summed E-state index contributed by atoms with van der Waals surface area (Å²) in [5, 5.41) is 6.73. The first kappa shape index (κ1) is 20.0. The molecule has 27 heavy (non-hydrogen) atoms. The number of carbonyl (C=O) groups excluding carboxylic acids is 1. The van der Waals surface area contributed by atoms with Crippen LogP contribution in [0.15, 0.2) is 41.3 Å². The smallest absolute Gasteiger partial charge is 0.266 e. The number of methoxy groups -OCH3 is 3. The zero-order valence-electron chi connectivity index (χ0n) is 15.6. The van der Waals surface area contributed by atoms with Crippen molar-refractivity contribution in [3.63, 3.8) is 0 Å². The Labute approximate surface area is 157 Å². The molecule has 0 aliphatic heterocycles. The van der Waals surface area contributed by atoms with E-state index in [1.54, 1.807) is 30.5 Å². The van der Waals surface area contributed by atoms with Crippen molar-refractivity contribution < 1.29 is 19.0 Å². The number of hydrogen-bond donors (Lipinski definition) is 1. The maximum atomic E-state index is 12.0. The maximum Gasteiger partial charge on any atom is 0.266 e. The fourth-order valence-electron chi connectivity index (χ4n) is 2.42. The zero-order chi connectivity index (χ0) is 19.6. The number of rotatable bonds is 9. The maximum absolute atomic E-state index is 12.0. The van der Waals surface area contributed by atoms with Crippen molar-refractivity contribution in [1.29, 1.82) is 0 Å². The van der Waals surface area contributed by atoms with Crippen molar-refractivity contribution in [1.82, 2.24) is 15.1 Å². The largest absolute Gasteiger partial charge is 0.493 e. The van der Waals surface area contributed by atoms with Gasteiger partial charge in [0.2, 0.25) is 11.7 Å². The zero-order valence-corrected chi connectivity index (χ0v) is 15.6. The number of nitrogens with one attached hydrogen (secondary N) is 1. The first-order valence-corrected chi connectivity index (χ1v) is 8.37. The van der Waals surface area contributed by atoms with Crippen LogP contribution in [0.5, 0.6) is 17.2 Å². The van der Waals surface area contributed by atoms with Gasteiger partial charge in [0.25, 0.3) is 5.56 Å². The van der Waals surface area contributed by atoms with E-state index in [9.17, 15) is 9.59 Å². The third kappa shape index (κ3) is 5.60. The molecule has 1 aromatic heterocycles. The highest BCUT2D eigenvalue weighted by Gasteiger charge is 2.12. The molecule has 0 aliphatic rings. The summed E-state index contributed by atoms with van der Waals surface area (Å²) in [5.41, 5.74) is 0.575. The first-order chi connectivity index (χ1) is 13.1. The van der Waals surface area contributed by atoms with Crippen LogP contribution in [-0.2, 0) is 11.3 Å². The molecule has 2 rings (SSSR count). The molecule has 8 heteroatoms. The quantitative estimate of drug-likeness (QED) is 0.529. The average Bonchev–Trinajstić information content (AvgIpc) is 2.69. The van der Waals surface area contributed by atoms with E-state index < -0.39 is 0 Å². The Balaban J connectivity index is 1.90. The molecule has 144 valence electrons. The first-order valence-electron chi connectivity index (χ1n) is 8.37. The van der Waals surface area contributed by atoms with Crippen LogP contribution in [0, 0.1) is 0 Å². The Kier molecular flexibility index (Phi) is 7.42. The topological polar surface area (TPSA) is 91.7 Å². The number of nitrogens with zero attached hydrogens (tertiary/aromatic N) is 2. The molecule has 0 bridgehead atoms. The highest BCUT2D eigenvalue weighted by atomic mass is 16.5. The van der Waals surface area contributed by atoms with Crippen LogP contribution < -0.4 is 25.1 Å². The normalized spacial score (nSPS) is 10.6. The van der Waals surface area contributed by atoms with Crippen molar-refractivity contribution in [2.24, 2.45) is 0 Å². The van der Waals surface area contributed by atoms with E-state index in [4.69, 9.17) is 14.2 Å². The van der Waals surface area contributed by atoms with E-state index in [0.717, 1.165) is 5.56 Å². The molecule has 0 radical (unpaired) electrons. The van der Waals surface area contributed by atoms with Gasteiger partial charge in [-0.2, -0.15) is 5.10 Å². The molecule has 0 atom stereocenters. The van der Waals surface area contributed by atoms with Gasteiger partial charge in [-0.05, 0) is 36.3 Å². The second kappa shape index (κ2) is 10.0. The minimum absolute atomic E-state index is 0.161. The number of carbonyl (C=O) groups is 1. The second-order valence-electron chi connectivity index (χ2n) is 5.52. The summed E-state index contributed by atoms with van der Waals surface area (Å²) in [4.78, 5) is 23.5. The highest BCUT2D eigenvalue weighted by molar-refractivity contribution is 5.91. The molecule has 0 spiro atoms. The molecule has 0 unspecified atom stereocenters. The minimum atomic E-state index is -0.239. The van der Waals surface area contributed by atoms with Gasteiger partial charge in [-0.3, -0.25) is 9.59 Å². The van der Waals surface area contributed by atoms with E-state index in [1.165, 1.54) is 38.2 Å². The molecule has 0 aliphatic carbocycles. The average molecular weight is 373 g/mol. The molecule has 0 saturated heterocycles. The molecule has 8 nitrogen and oxygen atoms in total. The molecule has 0 saturated carbocycles. The van der Waals surface area contributed by atoms with Gasteiger partial charge in [-0.25, -0.2) is 4.68 Å². The summed E-state index contributed by atoms with van der Waals surface area (Å²) in [6.45, 7) is 0.873. The monoisotopic (exact) mass is 373 g/mol. The standard InChI is InChI=1S/C19H23N3O5/c1-25-15-12-14(13-16(26-2)19(15)27-3)7-8-17(23)20-9-5-11-22-18(24)6-4-10-21-22/h4,6-8,10,12-13H,5,9,11H2,1-3H3,(H,20,23)/b8-7+. The Bertz CT molecular complexity index is 835. The van der Waals surface area contributed by atoms with E-state index in [0.29, 0.717) is 36.8 Å². The van der Waals surface area contributed by atoms with Crippen LogP contribution in [0.1, 0.15) is 12.0 Å². The summed E-state index contributed by atoms with van der Waals surface area (Å²) in [6, 6.07) is 6.54. The lowest BCUT2D eigenvalue weighted by atomic mass is 10.1. The number of amides is 1. The predicted octanol–water partition coefficient (Wildman–Crippen LogP) is 1.49. The summed E-state index contributed by atoms with van der Waals surface area (Å²) in [6.07, 6.45) is 5.23. The number of hydrogen-bond acceptors (Lipinski definition) is 6. The van der Waals surface area contributed by atoms with Gasteiger partial charge in [0.15, 0.2) is 11.5 Å². The molecule has 1 amide bonds.